The first-order chi connectivity index (χ1) is 12.7. The average Bonchev–Trinajstić information content (AvgIpc) is 2.95. The fraction of sp³-hybridized carbons (Fsp3) is 0.412. The quantitative estimate of drug-likeness (QED) is 0.813. The van der Waals surface area contributed by atoms with Gasteiger partial charge in [0, 0.05) is 19.3 Å². The minimum atomic E-state index is -3.33. The summed E-state index contributed by atoms with van der Waals surface area (Å²) in [6.45, 7) is 0.954. The van der Waals surface area contributed by atoms with E-state index >= 15 is 0 Å². The van der Waals surface area contributed by atoms with Crippen LogP contribution < -0.4 is 5.32 Å². The topological polar surface area (TPSA) is 84.3 Å². The van der Waals surface area contributed by atoms with Crippen LogP contribution in [0.4, 0.5) is 10.2 Å². The molecule has 0 radical (unpaired) electrons. The van der Waals surface area contributed by atoms with E-state index in [2.05, 4.69) is 10.4 Å². The Bertz CT molecular complexity index is 930. The van der Waals surface area contributed by atoms with Gasteiger partial charge in [-0.2, -0.15) is 5.10 Å². The van der Waals surface area contributed by atoms with Crippen molar-refractivity contribution in [3.8, 4) is 0 Å². The Kier molecular flexibility index (Phi) is 5.83. The first kappa shape index (κ1) is 19.8. The van der Waals surface area contributed by atoms with Crippen molar-refractivity contribution < 1.29 is 17.6 Å². The molecule has 1 aliphatic rings. The van der Waals surface area contributed by atoms with Gasteiger partial charge < -0.3 is 5.32 Å². The number of anilines is 1. The zero-order valence-corrected chi connectivity index (χ0v) is 16.3. The molecule has 7 nitrogen and oxygen atoms in total. The molecule has 0 bridgehead atoms. The molecule has 146 valence electrons. The first-order valence-electron chi connectivity index (χ1n) is 8.46. The number of halogens is 2. The van der Waals surface area contributed by atoms with Crippen LogP contribution >= 0.6 is 11.6 Å². The maximum Gasteiger partial charge on any atom is 0.230 e. The molecule has 1 aromatic carbocycles. The number of nitrogens with one attached hydrogen (secondary N) is 1. The molecule has 1 atom stereocenters. The van der Waals surface area contributed by atoms with Gasteiger partial charge in [-0.3, -0.25) is 9.48 Å². The number of sulfonamides is 1. The lowest BCUT2D eigenvalue weighted by Gasteiger charge is -2.29. The van der Waals surface area contributed by atoms with Crippen LogP contribution in [0.25, 0.3) is 0 Å². The molecule has 27 heavy (non-hydrogen) atoms. The highest BCUT2D eigenvalue weighted by Crippen LogP contribution is 2.24. The van der Waals surface area contributed by atoms with Crippen molar-refractivity contribution in [1.29, 1.82) is 0 Å². The van der Waals surface area contributed by atoms with E-state index in [1.54, 1.807) is 23.0 Å². The van der Waals surface area contributed by atoms with E-state index in [4.69, 9.17) is 11.6 Å². The molecule has 1 aromatic heterocycles. The van der Waals surface area contributed by atoms with Gasteiger partial charge in [-0.25, -0.2) is 17.1 Å². The second kappa shape index (κ2) is 7.95. The molecular formula is C17H20ClFN4O3S. The highest BCUT2D eigenvalue weighted by Gasteiger charge is 2.30. The number of aromatic nitrogens is 2. The Morgan fingerprint density at radius 2 is 2.07 bits per heavy atom. The number of nitrogens with zero attached hydrogens (tertiary/aromatic N) is 3. The number of rotatable bonds is 5. The number of hydrogen-bond acceptors (Lipinski definition) is 4. The first-order valence-corrected chi connectivity index (χ1v) is 10.7. The second-order valence-electron chi connectivity index (χ2n) is 6.60. The molecule has 1 saturated heterocycles. The van der Waals surface area contributed by atoms with Gasteiger partial charge in [0.05, 0.1) is 18.7 Å². The Hall–Kier alpha value is -1.97. The third-order valence-electron chi connectivity index (χ3n) is 4.44. The van der Waals surface area contributed by atoms with Gasteiger partial charge in [-0.05, 0) is 30.5 Å². The third-order valence-corrected chi connectivity index (χ3v) is 5.99. The summed E-state index contributed by atoms with van der Waals surface area (Å²) < 4.78 is 39.2. The molecule has 1 amide bonds. The van der Waals surface area contributed by atoms with Crippen molar-refractivity contribution in [2.75, 3.05) is 24.7 Å². The zero-order valence-electron chi connectivity index (χ0n) is 14.7. The van der Waals surface area contributed by atoms with Crippen molar-refractivity contribution >= 4 is 33.3 Å². The summed E-state index contributed by atoms with van der Waals surface area (Å²) in [7, 11) is -3.33. The minimum Gasteiger partial charge on any atom is -0.308 e. The summed E-state index contributed by atoms with van der Waals surface area (Å²) in [5.41, 5.74) is 0.838. The Labute approximate surface area is 162 Å². The normalized spacial score (nSPS) is 18.4. The number of amides is 1. The lowest BCUT2D eigenvalue weighted by atomic mass is 9.99. The molecule has 2 heterocycles. The Morgan fingerprint density at radius 1 is 1.37 bits per heavy atom. The van der Waals surface area contributed by atoms with E-state index in [1.165, 1.54) is 16.4 Å². The van der Waals surface area contributed by atoms with Crippen molar-refractivity contribution in [2.24, 2.45) is 5.92 Å². The number of benzene rings is 1. The van der Waals surface area contributed by atoms with Gasteiger partial charge in [-0.1, -0.05) is 23.7 Å². The van der Waals surface area contributed by atoms with E-state index in [1.807, 2.05) is 0 Å². The van der Waals surface area contributed by atoms with E-state index < -0.39 is 15.9 Å². The summed E-state index contributed by atoms with van der Waals surface area (Å²) in [5.74, 6) is -0.856. The number of piperidine rings is 1. The van der Waals surface area contributed by atoms with E-state index in [0.717, 1.165) is 11.8 Å². The van der Waals surface area contributed by atoms with Crippen LogP contribution in [0.3, 0.4) is 0 Å². The predicted molar refractivity (Wildman–Crippen MR) is 101 cm³/mol. The van der Waals surface area contributed by atoms with Gasteiger partial charge in [0.15, 0.2) is 5.82 Å². The molecule has 0 unspecified atom stereocenters. The van der Waals surface area contributed by atoms with Crippen LogP contribution in [0, 0.1) is 11.7 Å². The molecule has 1 aliphatic heterocycles. The standard InChI is InChI=1S/C17H20ClFN4O3S/c1-27(25,26)23-8-2-3-13(10-23)17(24)20-16-15(18)11-22(21-16)9-12-4-6-14(19)7-5-12/h4-7,11,13H,2-3,8-10H2,1H3,(H,20,21,24)/t13-/m0/s1. The predicted octanol–water partition coefficient (Wildman–Crippen LogP) is 2.33. The van der Waals surface area contributed by atoms with E-state index in [0.29, 0.717) is 25.9 Å². The summed E-state index contributed by atoms with van der Waals surface area (Å²) in [6, 6.07) is 6.01. The summed E-state index contributed by atoms with van der Waals surface area (Å²) >= 11 is 6.16. The highest BCUT2D eigenvalue weighted by atomic mass is 35.5. The fourth-order valence-electron chi connectivity index (χ4n) is 3.02. The van der Waals surface area contributed by atoms with Gasteiger partial charge in [-0.15, -0.1) is 0 Å². The largest absolute Gasteiger partial charge is 0.308 e. The lowest BCUT2D eigenvalue weighted by Crippen LogP contribution is -2.43. The SMILES string of the molecule is CS(=O)(=O)N1CCC[C@H](C(=O)Nc2nn(Cc3ccc(F)cc3)cc2Cl)C1. The third kappa shape index (κ3) is 5.06. The fourth-order valence-corrected chi connectivity index (χ4v) is 4.13. The van der Waals surface area contributed by atoms with E-state index in [-0.39, 0.29) is 29.1 Å². The lowest BCUT2D eigenvalue weighted by molar-refractivity contribution is -0.120. The molecule has 3 rings (SSSR count). The van der Waals surface area contributed by atoms with Crippen LogP contribution in [0.5, 0.6) is 0 Å². The molecule has 0 spiro atoms. The number of carbonyl (C=O) groups is 1. The number of hydrogen-bond donors (Lipinski definition) is 1. The molecule has 0 aliphatic carbocycles. The van der Waals surface area contributed by atoms with Crippen molar-refractivity contribution in [2.45, 2.75) is 19.4 Å². The van der Waals surface area contributed by atoms with Crippen molar-refractivity contribution in [1.82, 2.24) is 14.1 Å². The van der Waals surface area contributed by atoms with Crippen molar-refractivity contribution in [3.05, 3.63) is 46.9 Å². The van der Waals surface area contributed by atoms with Gasteiger partial charge in [0.25, 0.3) is 0 Å². The van der Waals surface area contributed by atoms with Gasteiger partial charge >= 0.3 is 0 Å². The molecule has 2 aromatic rings. The maximum absolute atomic E-state index is 13.0. The zero-order chi connectivity index (χ0) is 19.6. The molecule has 10 heteroatoms. The second-order valence-corrected chi connectivity index (χ2v) is 8.99. The molecular weight excluding hydrogens is 395 g/mol. The van der Waals surface area contributed by atoms with Crippen LogP contribution in [-0.4, -0.2) is 47.8 Å². The number of carbonyl (C=O) groups excluding carboxylic acids is 1. The Morgan fingerprint density at radius 3 is 2.74 bits per heavy atom. The van der Waals surface area contributed by atoms with Crippen LogP contribution in [0.2, 0.25) is 5.02 Å². The summed E-state index contributed by atoms with van der Waals surface area (Å²) in [4.78, 5) is 12.5. The monoisotopic (exact) mass is 414 g/mol. The van der Waals surface area contributed by atoms with E-state index in [9.17, 15) is 17.6 Å². The van der Waals surface area contributed by atoms with Crippen molar-refractivity contribution in [3.63, 3.8) is 0 Å². The molecule has 1 N–H and O–H groups in total. The Balaban J connectivity index is 1.66. The van der Waals surface area contributed by atoms with Gasteiger partial charge in [0.2, 0.25) is 15.9 Å². The smallest absolute Gasteiger partial charge is 0.230 e. The minimum absolute atomic E-state index is 0.151. The highest BCUT2D eigenvalue weighted by molar-refractivity contribution is 7.88. The molecule has 0 saturated carbocycles. The summed E-state index contributed by atoms with van der Waals surface area (Å²) in [6.07, 6.45) is 3.94. The van der Waals surface area contributed by atoms with Crippen LogP contribution in [0.1, 0.15) is 18.4 Å². The molecule has 1 fully saturated rings. The van der Waals surface area contributed by atoms with Crippen LogP contribution in [-0.2, 0) is 21.4 Å². The maximum atomic E-state index is 13.0. The summed E-state index contributed by atoms with van der Waals surface area (Å²) in [5, 5.41) is 7.22. The average molecular weight is 415 g/mol. The van der Waals surface area contributed by atoms with Gasteiger partial charge in [0.1, 0.15) is 10.8 Å². The van der Waals surface area contributed by atoms with Crippen LogP contribution in [0.15, 0.2) is 30.5 Å².